The first-order chi connectivity index (χ1) is 12.7. The molecule has 0 unspecified atom stereocenters. The molecule has 0 spiro atoms. The van der Waals surface area contributed by atoms with E-state index in [0.29, 0.717) is 37.7 Å². The van der Waals surface area contributed by atoms with Crippen molar-refractivity contribution in [1.82, 2.24) is 30.0 Å². The first-order valence-electron chi connectivity index (χ1n) is 9.06. The van der Waals surface area contributed by atoms with Crippen LogP contribution in [0.25, 0.3) is 0 Å². The highest BCUT2D eigenvalue weighted by molar-refractivity contribution is 5.92. The monoisotopic (exact) mass is 354 g/mol. The van der Waals surface area contributed by atoms with Crippen LogP contribution in [0, 0.1) is 5.92 Å². The van der Waals surface area contributed by atoms with Crippen LogP contribution in [0.15, 0.2) is 30.9 Å². The number of amides is 2. The number of nitrogens with zero attached hydrogens (tertiary/aromatic N) is 5. The van der Waals surface area contributed by atoms with E-state index in [4.69, 9.17) is 0 Å². The molecule has 2 fully saturated rings. The molecule has 26 heavy (non-hydrogen) atoms. The number of carbonyl (C=O) groups is 2. The third-order valence-corrected chi connectivity index (χ3v) is 5.40. The second-order valence-corrected chi connectivity index (χ2v) is 6.93. The molecule has 0 radical (unpaired) electrons. The van der Waals surface area contributed by atoms with Gasteiger partial charge in [-0.2, -0.15) is 5.10 Å². The van der Waals surface area contributed by atoms with E-state index >= 15 is 0 Å². The Hall–Kier alpha value is -2.77. The normalized spacial score (nSPS) is 23.0. The Labute approximate surface area is 151 Å². The standard InChI is InChI=1S/C18H22N6O2/c25-17-4-3-13-11-23(18(26)15-2-1-7-21-22-15)8-6-16(13)24(17)9-5-14-10-19-12-20-14/h1-2,7,10,12-13,16H,3-6,8-9,11H2,(H,19,20)/t13-,16+/m0/s1. The largest absolute Gasteiger partial charge is 0.348 e. The summed E-state index contributed by atoms with van der Waals surface area (Å²) in [6.45, 7) is 2.01. The van der Waals surface area contributed by atoms with Crippen LogP contribution in [0.3, 0.4) is 0 Å². The Kier molecular flexibility index (Phi) is 4.64. The molecule has 2 aliphatic heterocycles. The molecule has 0 aromatic carbocycles. The number of piperidine rings is 2. The van der Waals surface area contributed by atoms with Gasteiger partial charge in [0.15, 0.2) is 5.69 Å². The Morgan fingerprint density at radius 2 is 2.27 bits per heavy atom. The van der Waals surface area contributed by atoms with Crippen LogP contribution in [0.2, 0.25) is 0 Å². The second-order valence-electron chi connectivity index (χ2n) is 6.93. The molecular formula is C18H22N6O2. The van der Waals surface area contributed by atoms with Gasteiger partial charge in [-0.15, -0.1) is 5.10 Å². The van der Waals surface area contributed by atoms with E-state index in [1.165, 1.54) is 0 Å². The number of aromatic amines is 1. The number of hydrogen-bond donors (Lipinski definition) is 1. The maximum atomic E-state index is 12.6. The van der Waals surface area contributed by atoms with Crippen LogP contribution in [0.5, 0.6) is 0 Å². The van der Waals surface area contributed by atoms with Crippen LogP contribution in [0.4, 0.5) is 0 Å². The minimum atomic E-state index is -0.0718. The van der Waals surface area contributed by atoms with Crippen molar-refractivity contribution in [2.75, 3.05) is 19.6 Å². The van der Waals surface area contributed by atoms with Gasteiger partial charge in [-0.3, -0.25) is 9.59 Å². The van der Waals surface area contributed by atoms with Crippen molar-refractivity contribution in [3.63, 3.8) is 0 Å². The molecular weight excluding hydrogens is 332 g/mol. The lowest BCUT2D eigenvalue weighted by Gasteiger charge is -2.47. The summed E-state index contributed by atoms with van der Waals surface area (Å²) in [6.07, 6.45) is 8.00. The average molecular weight is 354 g/mol. The van der Waals surface area contributed by atoms with Gasteiger partial charge in [0.1, 0.15) is 0 Å². The maximum Gasteiger partial charge on any atom is 0.274 e. The van der Waals surface area contributed by atoms with Gasteiger partial charge in [0.25, 0.3) is 5.91 Å². The molecule has 2 aliphatic rings. The number of carbonyl (C=O) groups excluding carboxylic acids is 2. The molecule has 1 N–H and O–H groups in total. The Morgan fingerprint density at radius 1 is 1.35 bits per heavy atom. The summed E-state index contributed by atoms with van der Waals surface area (Å²) in [5, 5.41) is 7.72. The third-order valence-electron chi connectivity index (χ3n) is 5.40. The van der Waals surface area contributed by atoms with Gasteiger partial charge >= 0.3 is 0 Å². The average Bonchev–Trinajstić information content (AvgIpc) is 3.20. The van der Waals surface area contributed by atoms with E-state index < -0.39 is 0 Å². The van der Waals surface area contributed by atoms with Gasteiger partial charge < -0.3 is 14.8 Å². The highest BCUT2D eigenvalue weighted by Gasteiger charge is 2.40. The van der Waals surface area contributed by atoms with Gasteiger partial charge in [0.2, 0.25) is 5.91 Å². The summed E-state index contributed by atoms with van der Waals surface area (Å²) < 4.78 is 0. The summed E-state index contributed by atoms with van der Waals surface area (Å²) in [5.74, 6) is 0.473. The zero-order valence-electron chi connectivity index (χ0n) is 14.5. The molecule has 2 atom stereocenters. The second kappa shape index (κ2) is 7.23. The van der Waals surface area contributed by atoms with Crippen LogP contribution in [-0.4, -0.2) is 67.5 Å². The molecule has 0 aliphatic carbocycles. The Balaban J connectivity index is 1.41. The lowest BCUT2D eigenvalue weighted by Crippen LogP contribution is -2.57. The van der Waals surface area contributed by atoms with E-state index in [0.717, 1.165) is 25.0 Å². The molecule has 0 saturated carbocycles. The van der Waals surface area contributed by atoms with E-state index in [1.807, 2.05) is 9.80 Å². The summed E-state index contributed by atoms with van der Waals surface area (Å²) in [6, 6.07) is 3.64. The van der Waals surface area contributed by atoms with Crippen molar-refractivity contribution in [1.29, 1.82) is 0 Å². The predicted octanol–water partition coefficient (Wildman–Crippen LogP) is 0.895. The van der Waals surface area contributed by atoms with Gasteiger partial charge in [-0.05, 0) is 30.9 Å². The minimum Gasteiger partial charge on any atom is -0.348 e. The van der Waals surface area contributed by atoms with E-state index in [2.05, 4.69) is 20.2 Å². The fourth-order valence-electron chi connectivity index (χ4n) is 4.07. The maximum absolute atomic E-state index is 12.6. The highest BCUT2D eigenvalue weighted by atomic mass is 16.2. The molecule has 4 heterocycles. The predicted molar refractivity (Wildman–Crippen MR) is 93.1 cm³/mol. The fraction of sp³-hybridized carbons (Fsp3) is 0.500. The van der Waals surface area contributed by atoms with Crippen molar-refractivity contribution in [3.8, 4) is 0 Å². The van der Waals surface area contributed by atoms with Gasteiger partial charge in [0, 0.05) is 56.6 Å². The first kappa shape index (κ1) is 16.7. The molecule has 2 amide bonds. The molecule has 2 aromatic rings. The smallest absolute Gasteiger partial charge is 0.274 e. The van der Waals surface area contributed by atoms with Crippen molar-refractivity contribution >= 4 is 11.8 Å². The van der Waals surface area contributed by atoms with Crippen LogP contribution >= 0.6 is 0 Å². The van der Waals surface area contributed by atoms with Crippen LogP contribution in [-0.2, 0) is 11.2 Å². The van der Waals surface area contributed by atoms with E-state index in [1.54, 1.807) is 30.9 Å². The highest BCUT2D eigenvalue weighted by Crippen LogP contribution is 2.31. The fourth-order valence-corrected chi connectivity index (χ4v) is 4.07. The minimum absolute atomic E-state index is 0.0718. The van der Waals surface area contributed by atoms with Crippen LogP contribution < -0.4 is 0 Å². The third kappa shape index (κ3) is 3.31. The number of rotatable bonds is 4. The van der Waals surface area contributed by atoms with Crippen molar-refractivity contribution in [2.24, 2.45) is 5.92 Å². The number of H-pyrrole nitrogens is 1. The van der Waals surface area contributed by atoms with Crippen molar-refractivity contribution in [2.45, 2.75) is 31.7 Å². The topological polar surface area (TPSA) is 95.1 Å². The molecule has 8 nitrogen and oxygen atoms in total. The molecule has 2 aromatic heterocycles. The Morgan fingerprint density at radius 3 is 3.04 bits per heavy atom. The lowest BCUT2D eigenvalue weighted by molar-refractivity contribution is -0.140. The quantitative estimate of drug-likeness (QED) is 0.880. The zero-order chi connectivity index (χ0) is 17.9. The number of hydrogen-bond acceptors (Lipinski definition) is 5. The number of aromatic nitrogens is 4. The summed E-state index contributed by atoms with van der Waals surface area (Å²) in [7, 11) is 0. The molecule has 0 bridgehead atoms. The Bertz CT molecular complexity index is 763. The van der Waals surface area contributed by atoms with Gasteiger partial charge in [-0.1, -0.05) is 0 Å². The van der Waals surface area contributed by atoms with E-state index in [9.17, 15) is 9.59 Å². The van der Waals surface area contributed by atoms with Crippen molar-refractivity contribution < 1.29 is 9.59 Å². The van der Waals surface area contributed by atoms with Crippen molar-refractivity contribution in [3.05, 3.63) is 42.2 Å². The molecule has 4 rings (SSSR count). The number of nitrogens with one attached hydrogen (secondary N) is 1. The van der Waals surface area contributed by atoms with Gasteiger partial charge in [-0.25, -0.2) is 4.98 Å². The molecule has 2 saturated heterocycles. The number of imidazole rings is 1. The molecule has 8 heteroatoms. The summed E-state index contributed by atoms with van der Waals surface area (Å²) >= 11 is 0. The first-order valence-corrected chi connectivity index (χ1v) is 9.06. The summed E-state index contributed by atoms with van der Waals surface area (Å²) in [5.41, 5.74) is 1.42. The van der Waals surface area contributed by atoms with Gasteiger partial charge in [0.05, 0.1) is 6.33 Å². The number of likely N-dealkylation sites (tertiary alicyclic amines) is 2. The number of fused-ring (bicyclic) bond motifs is 1. The SMILES string of the molecule is O=C(c1cccnn1)N1CC[C@@H]2[C@@H](CCC(=O)N2CCc2cnc[nH]2)C1. The zero-order valence-corrected chi connectivity index (χ0v) is 14.5. The lowest BCUT2D eigenvalue weighted by atomic mass is 9.83. The molecule has 136 valence electrons. The van der Waals surface area contributed by atoms with E-state index in [-0.39, 0.29) is 17.9 Å². The van der Waals surface area contributed by atoms with Crippen LogP contribution in [0.1, 0.15) is 35.4 Å². The summed E-state index contributed by atoms with van der Waals surface area (Å²) in [4.78, 5) is 36.1.